The minimum Gasteiger partial charge on any atom is -0.341 e. The molecule has 0 fully saturated rings. The molecular weight excluding hydrogens is 366 g/mol. The molecule has 0 heterocycles. The third kappa shape index (κ3) is 7.33. The van der Waals surface area contributed by atoms with Gasteiger partial charge in [-0.2, -0.15) is 0 Å². The lowest BCUT2D eigenvalue weighted by Crippen LogP contribution is -2.40. The van der Waals surface area contributed by atoms with Crippen LogP contribution in [0.25, 0.3) is 6.08 Å². The molecule has 0 aliphatic rings. The molecule has 2 amide bonds. The van der Waals surface area contributed by atoms with Crippen LogP contribution in [0.15, 0.2) is 60.7 Å². The SMILES string of the molecule is CC(NC(=O)/C=C/c1ccccc1)C(=O)Nc1ccc(NS(C)(=O)=O)cc1. The van der Waals surface area contributed by atoms with Gasteiger partial charge in [-0.15, -0.1) is 0 Å². The van der Waals surface area contributed by atoms with Crippen molar-refractivity contribution in [3.05, 3.63) is 66.2 Å². The van der Waals surface area contributed by atoms with Crippen LogP contribution in [-0.2, 0) is 19.6 Å². The normalized spacial score (nSPS) is 12.4. The lowest BCUT2D eigenvalue weighted by atomic mass is 10.2. The molecule has 27 heavy (non-hydrogen) atoms. The lowest BCUT2D eigenvalue weighted by Gasteiger charge is -2.13. The van der Waals surface area contributed by atoms with Gasteiger partial charge in [-0.25, -0.2) is 8.42 Å². The Hall–Kier alpha value is -3.13. The van der Waals surface area contributed by atoms with Crippen LogP contribution in [0.2, 0.25) is 0 Å². The Balaban J connectivity index is 1.87. The van der Waals surface area contributed by atoms with Crippen LogP contribution in [0.5, 0.6) is 0 Å². The summed E-state index contributed by atoms with van der Waals surface area (Å²) in [5.41, 5.74) is 1.76. The van der Waals surface area contributed by atoms with E-state index in [0.717, 1.165) is 11.8 Å². The molecule has 0 bridgehead atoms. The van der Waals surface area contributed by atoms with E-state index >= 15 is 0 Å². The molecule has 3 N–H and O–H groups in total. The number of carbonyl (C=O) groups excluding carboxylic acids is 2. The summed E-state index contributed by atoms with van der Waals surface area (Å²) in [6.07, 6.45) is 4.08. The first-order valence-corrected chi connectivity index (χ1v) is 10.0. The molecule has 0 aliphatic heterocycles. The van der Waals surface area contributed by atoms with Gasteiger partial charge in [-0.1, -0.05) is 30.3 Å². The number of amides is 2. The quantitative estimate of drug-likeness (QED) is 0.634. The van der Waals surface area contributed by atoms with E-state index in [0.29, 0.717) is 11.4 Å². The van der Waals surface area contributed by atoms with Crippen LogP contribution in [0.4, 0.5) is 11.4 Å². The summed E-state index contributed by atoms with van der Waals surface area (Å²) in [4.78, 5) is 24.1. The van der Waals surface area contributed by atoms with Gasteiger partial charge in [-0.05, 0) is 42.8 Å². The van der Waals surface area contributed by atoms with Gasteiger partial charge in [0, 0.05) is 17.5 Å². The molecule has 8 heteroatoms. The maximum atomic E-state index is 12.2. The van der Waals surface area contributed by atoms with Gasteiger partial charge in [0.05, 0.1) is 6.26 Å². The molecule has 0 radical (unpaired) electrons. The van der Waals surface area contributed by atoms with E-state index in [1.54, 1.807) is 25.1 Å². The highest BCUT2D eigenvalue weighted by molar-refractivity contribution is 7.92. The number of nitrogens with one attached hydrogen (secondary N) is 3. The lowest BCUT2D eigenvalue weighted by molar-refractivity contribution is -0.123. The summed E-state index contributed by atoms with van der Waals surface area (Å²) >= 11 is 0. The van der Waals surface area contributed by atoms with E-state index in [1.165, 1.54) is 18.2 Å². The van der Waals surface area contributed by atoms with Crippen molar-refractivity contribution >= 4 is 39.3 Å². The van der Waals surface area contributed by atoms with E-state index in [2.05, 4.69) is 15.4 Å². The second-order valence-electron chi connectivity index (χ2n) is 5.92. The number of benzene rings is 2. The Morgan fingerprint density at radius 1 is 0.963 bits per heavy atom. The van der Waals surface area contributed by atoms with Gasteiger partial charge in [0.25, 0.3) is 0 Å². The monoisotopic (exact) mass is 387 g/mol. The largest absolute Gasteiger partial charge is 0.341 e. The number of sulfonamides is 1. The summed E-state index contributed by atoms with van der Waals surface area (Å²) < 4.78 is 24.7. The predicted octanol–water partition coefficient (Wildman–Crippen LogP) is 2.21. The Labute approximate surface area is 158 Å². The molecule has 142 valence electrons. The minimum atomic E-state index is -3.36. The molecule has 2 aromatic carbocycles. The first-order valence-electron chi connectivity index (χ1n) is 8.15. The first kappa shape index (κ1) is 20.2. The molecule has 2 aromatic rings. The van der Waals surface area contributed by atoms with Crippen molar-refractivity contribution in [2.45, 2.75) is 13.0 Å². The molecule has 2 rings (SSSR count). The summed E-state index contributed by atoms with van der Waals surface area (Å²) in [6.45, 7) is 1.57. The van der Waals surface area contributed by atoms with Gasteiger partial charge in [0.1, 0.15) is 6.04 Å². The number of hydrogen-bond acceptors (Lipinski definition) is 4. The third-order valence-electron chi connectivity index (χ3n) is 3.43. The van der Waals surface area contributed by atoms with Crippen LogP contribution in [0, 0.1) is 0 Å². The minimum absolute atomic E-state index is 0.380. The van der Waals surface area contributed by atoms with Crippen molar-refractivity contribution in [2.24, 2.45) is 0 Å². The van der Waals surface area contributed by atoms with E-state index < -0.39 is 16.1 Å². The Morgan fingerprint density at radius 2 is 1.56 bits per heavy atom. The second kappa shape index (κ2) is 9.00. The number of hydrogen-bond donors (Lipinski definition) is 3. The molecule has 1 atom stereocenters. The Kier molecular flexibility index (Phi) is 6.73. The van der Waals surface area contributed by atoms with Crippen molar-refractivity contribution < 1.29 is 18.0 Å². The highest BCUT2D eigenvalue weighted by Crippen LogP contribution is 2.14. The topological polar surface area (TPSA) is 104 Å². The predicted molar refractivity (Wildman–Crippen MR) is 107 cm³/mol. The van der Waals surface area contributed by atoms with E-state index in [-0.39, 0.29) is 11.8 Å². The van der Waals surface area contributed by atoms with Crippen LogP contribution < -0.4 is 15.4 Å². The average Bonchev–Trinajstić information content (AvgIpc) is 2.61. The highest BCUT2D eigenvalue weighted by Gasteiger charge is 2.14. The fourth-order valence-corrected chi connectivity index (χ4v) is 2.71. The molecule has 0 saturated carbocycles. The zero-order valence-electron chi connectivity index (χ0n) is 15.0. The fraction of sp³-hybridized carbons (Fsp3) is 0.158. The smallest absolute Gasteiger partial charge is 0.246 e. The standard InChI is InChI=1S/C19H21N3O4S/c1-14(20-18(23)13-8-15-6-4-3-5-7-15)19(24)21-16-9-11-17(12-10-16)22-27(2,25)26/h3-14,22H,1-2H3,(H,20,23)(H,21,24)/b13-8+. The van der Waals surface area contributed by atoms with Gasteiger partial charge < -0.3 is 10.6 Å². The molecule has 7 nitrogen and oxygen atoms in total. The zero-order valence-corrected chi connectivity index (χ0v) is 15.8. The maximum absolute atomic E-state index is 12.2. The third-order valence-corrected chi connectivity index (χ3v) is 4.04. The van der Waals surface area contributed by atoms with Gasteiger partial charge >= 0.3 is 0 Å². The second-order valence-corrected chi connectivity index (χ2v) is 7.66. The summed E-state index contributed by atoms with van der Waals surface area (Å²) in [6, 6.07) is 14.8. The van der Waals surface area contributed by atoms with Crippen molar-refractivity contribution in [2.75, 3.05) is 16.3 Å². The highest BCUT2D eigenvalue weighted by atomic mass is 32.2. The summed E-state index contributed by atoms with van der Waals surface area (Å²) in [7, 11) is -3.36. The molecule has 0 spiro atoms. The molecule has 0 aromatic heterocycles. The first-order chi connectivity index (χ1) is 12.7. The van der Waals surface area contributed by atoms with Crippen molar-refractivity contribution in [3.63, 3.8) is 0 Å². The van der Waals surface area contributed by atoms with Crippen molar-refractivity contribution in [3.8, 4) is 0 Å². The van der Waals surface area contributed by atoms with Crippen molar-refractivity contribution in [1.29, 1.82) is 0 Å². The Bertz CT molecular complexity index is 923. The van der Waals surface area contributed by atoms with E-state index in [4.69, 9.17) is 0 Å². The zero-order chi connectivity index (χ0) is 19.9. The molecule has 0 aliphatic carbocycles. The van der Waals surface area contributed by atoms with E-state index in [9.17, 15) is 18.0 Å². The number of anilines is 2. The summed E-state index contributed by atoms with van der Waals surface area (Å²) in [5.74, 6) is -0.769. The fourth-order valence-electron chi connectivity index (χ4n) is 2.15. The number of rotatable bonds is 7. The Morgan fingerprint density at radius 3 is 2.15 bits per heavy atom. The van der Waals surface area contributed by atoms with Crippen LogP contribution >= 0.6 is 0 Å². The van der Waals surface area contributed by atoms with Crippen LogP contribution in [0.1, 0.15) is 12.5 Å². The molecule has 0 saturated heterocycles. The van der Waals surface area contributed by atoms with Crippen molar-refractivity contribution in [1.82, 2.24) is 5.32 Å². The molecular formula is C19H21N3O4S. The van der Waals surface area contributed by atoms with Gasteiger partial charge in [-0.3, -0.25) is 14.3 Å². The van der Waals surface area contributed by atoms with Crippen LogP contribution in [-0.4, -0.2) is 32.5 Å². The van der Waals surface area contributed by atoms with Gasteiger partial charge in [0.2, 0.25) is 21.8 Å². The average molecular weight is 387 g/mol. The summed E-state index contributed by atoms with van der Waals surface area (Å²) in [5, 5.41) is 5.24. The maximum Gasteiger partial charge on any atom is 0.246 e. The van der Waals surface area contributed by atoms with Crippen LogP contribution in [0.3, 0.4) is 0 Å². The van der Waals surface area contributed by atoms with E-state index in [1.807, 2.05) is 30.3 Å². The number of carbonyl (C=O) groups is 2. The molecule has 1 unspecified atom stereocenters. The van der Waals surface area contributed by atoms with Gasteiger partial charge in [0.15, 0.2) is 0 Å².